The number of hydrogen-bond donors (Lipinski definition) is 1. The minimum Gasteiger partial charge on any atom is -0.550 e. The molecule has 1 amide bonds. The highest BCUT2D eigenvalue weighted by molar-refractivity contribution is 5.75. The van der Waals surface area contributed by atoms with Crippen molar-refractivity contribution in [2.75, 3.05) is 0 Å². The zero-order valence-corrected chi connectivity index (χ0v) is 8.08. The molecule has 0 saturated carbocycles. The van der Waals surface area contributed by atoms with Gasteiger partial charge in [-0.3, -0.25) is 4.79 Å². The lowest BCUT2D eigenvalue weighted by atomic mass is 9.91. The van der Waals surface area contributed by atoms with E-state index in [1.54, 1.807) is 0 Å². The predicted molar refractivity (Wildman–Crippen MR) is 46.4 cm³/mol. The van der Waals surface area contributed by atoms with E-state index in [0.717, 1.165) is 0 Å². The molecule has 0 unspecified atom stereocenters. The number of hydrogen-bond acceptors (Lipinski definition) is 3. The van der Waals surface area contributed by atoms with Crippen molar-refractivity contribution in [1.29, 1.82) is 0 Å². The maximum atomic E-state index is 10.6. The molecule has 0 fully saturated rings. The van der Waals surface area contributed by atoms with Crippen molar-refractivity contribution in [3.63, 3.8) is 0 Å². The molecule has 2 N–H and O–H groups in total. The van der Waals surface area contributed by atoms with Gasteiger partial charge in [0.05, 0.1) is 0 Å². The SMILES string of the molecule is CC(C)C[C@H](CC(N)=O)CC(=O)[O-]. The topological polar surface area (TPSA) is 83.2 Å². The van der Waals surface area contributed by atoms with Gasteiger partial charge in [0, 0.05) is 12.4 Å². The molecular formula is C9H16NO3-. The monoisotopic (exact) mass is 186 g/mol. The van der Waals surface area contributed by atoms with Crippen molar-refractivity contribution in [3.05, 3.63) is 0 Å². The number of nitrogens with two attached hydrogens (primary N) is 1. The molecule has 0 aliphatic carbocycles. The second kappa shape index (κ2) is 5.56. The first-order chi connectivity index (χ1) is 5.91. The van der Waals surface area contributed by atoms with Crippen molar-refractivity contribution in [1.82, 2.24) is 0 Å². The summed E-state index contributed by atoms with van der Waals surface area (Å²) in [5, 5.41) is 10.3. The van der Waals surface area contributed by atoms with E-state index < -0.39 is 11.9 Å². The molecule has 0 aliphatic heterocycles. The Kier molecular flexibility index (Phi) is 5.11. The molecule has 0 aromatic carbocycles. The molecule has 0 rings (SSSR count). The first kappa shape index (κ1) is 11.9. The average molecular weight is 186 g/mol. The fraction of sp³-hybridized carbons (Fsp3) is 0.778. The Labute approximate surface area is 78.1 Å². The molecule has 4 heteroatoms. The fourth-order valence-electron chi connectivity index (χ4n) is 1.43. The largest absolute Gasteiger partial charge is 0.550 e. The van der Waals surface area contributed by atoms with E-state index >= 15 is 0 Å². The van der Waals surface area contributed by atoms with Crippen LogP contribution < -0.4 is 10.8 Å². The van der Waals surface area contributed by atoms with E-state index in [2.05, 4.69) is 0 Å². The van der Waals surface area contributed by atoms with Crippen LogP contribution in [0.4, 0.5) is 0 Å². The number of aliphatic carboxylic acids is 1. The summed E-state index contributed by atoms with van der Waals surface area (Å²) in [6, 6.07) is 0. The summed E-state index contributed by atoms with van der Waals surface area (Å²) >= 11 is 0. The van der Waals surface area contributed by atoms with Crippen molar-refractivity contribution in [2.24, 2.45) is 17.6 Å². The van der Waals surface area contributed by atoms with Crippen LogP contribution in [0.25, 0.3) is 0 Å². The Hall–Kier alpha value is -1.06. The molecule has 76 valence electrons. The van der Waals surface area contributed by atoms with Gasteiger partial charge in [0.25, 0.3) is 0 Å². The van der Waals surface area contributed by atoms with E-state index in [4.69, 9.17) is 5.73 Å². The van der Waals surface area contributed by atoms with E-state index in [-0.39, 0.29) is 18.8 Å². The molecule has 0 radical (unpaired) electrons. The smallest absolute Gasteiger partial charge is 0.217 e. The molecule has 0 heterocycles. The van der Waals surface area contributed by atoms with Gasteiger partial charge in [0.2, 0.25) is 5.91 Å². The summed E-state index contributed by atoms with van der Waals surface area (Å²) in [7, 11) is 0. The molecule has 1 atom stereocenters. The highest BCUT2D eigenvalue weighted by Gasteiger charge is 2.13. The van der Waals surface area contributed by atoms with Gasteiger partial charge < -0.3 is 15.6 Å². The van der Waals surface area contributed by atoms with E-state index in [1.165, 1.54) is 0 Å². The van der Waals surface area contributed by atoms with Gasteiger partial charge in [-0.1, -0.05) is 13.8 Å². The molecule has 0 aromatic rings. The van der Waals surface area contributed by atoms with Gasteiger partial charge in [-0.25, -0.2) is 0 Å². The predicted octanol–water partition coefficient (Wildman–Crippen LogP) is -0.336. The maximum absolute atomic E-state index is 10.6. The zero-order valence-electron chi connectivity index (χ0n) is 8.08. The van der Waals surface area contributed by atoms with Crippen LogP contribution in [0.1, 0.15) is 33.1 Å². The van der Waals surface area contributed by atoms with Crippen LogP contribution in [0, 0.1) is 11.8 Å². The second-order valence-corrected chi connectivity index (χ2v) is 3.74. The molecular weight excluding hydrogens is 170 g/mol. The van der Waals surface area contributed by atoms with Crippen LogP contribution >= 0.6 is 0 Å². The lowest BCUT2D eigenvalue weighted by Crippen LogP contribution is -2.28. The molecule has 0 aliphatic rings. The minimum absolute atomic E-state index is 0.0822. The summed E-state index contributed by atoms with van der Waals surface area (Å²) in [5.74, 6) is -1.38. The van der Waals surface area contributed by atoms with Crippen molar-refractivity contribution >= 4 is 11.9 Å². The first-order valence-electron chi connectivity index (χ1n) is 4.40. The fourth-order valence-corrected chi connectivity index (χ4v) is 1.43. The zero-order chi connectivity index (χ0) is 10.4. The van der Waals surface area contributed by atoms with Gasteiger partial charge >= 0.3 is 0 Å². The third-order valence-electron chi connectivity index (χ3n) is 1.75. The Bertz CT molecular complexity index is 173. The number of rotatable bonds is 6. The number of amides is 1. The number of carboxylic acids is 1. The van der Waals surface area contributed by atoms with Crippen LogP contribution in [0.3, 0.4) is 0 Å². The van der Waals surface area contributed by atoms with Crippen LogP contribution in [-0.4, -0.2) is 11.9 Å². The number of carboxylic acid groups (broad SMARTS) is 1. The summed E-state index contributed by atoms with van der Waals surface area (Å²) in [4.78, 5) is 20.9. The highest BCUT2D eigenvalue weighted by atomic mass is 16.4. The number of primary amides is 1. The third kappa shape index (κ3) is 7.31. The average Bonchev–Trinajstić information content (AvgIpc) is 1.80. The van der Waals surface area contributed by atoms with Crippen LogP contribution in [0.15, 0.2) is 0 Å². The quantitative estimate of drug-likeness (QED) is 0.616. The van der Waals surface area contributed by atoms with Gasteiger partial charge in [-0.15, -0.1) is 0 Å². The van der Waals surface area contributed by atoms with Gasteiger partial charge in [0.15, 0.2) is 0 Å². The summed E-state index contributed by atoms with van der Waals surface area (Å²) in [6.45, 7) is 3.95. The standard InChI is InChI=1S/C9H17NO3/c1-6(2)3-7(4-8(10)11)5-9(12)13/h6-7H,3-5H2,1-2H3,(H2,10,11)(H,12,13)/p-1/t7-/m1/s1. The Balaban J connectivity index is 4.02. The van der Waals surface area contributed by atoms with Gasteiger partial charge in [-0.2, -0.15) is 0 Å². The van der Waals surface area contributed by atoms with Crippen molar-refractivity contribution < 1.29 is 14.7 Å². The highest BCUT2D eigenvalue weighted by Crippen LogP contribution is 2.18. The van der Waals surface area contributed by atoms with E-state index in [9.17, 15) is 14.7 Å². The van der Waals surface area contributed by atoms with E-state index in [0.29, 0.717) is 12.3 Å². The maximum Gasteiger partial charge on any atom is 0.217 e. The normalized spacial score (nSPS) is 12.8. The van der Waals surface area contributed by atoms with Gasteiger partial charge in [0.1, 0.15) is 0 Å². The molecule has 0 bridgehead atoms. The van der Waals surface area contributed by atoms with Crippen LogP contribution in [0.5, 0.6) is 0 Å². The first-order valence-corrected chi connectivity index (χ1v) is 4.40. The third-order valence-corrected chi connectivity index (χ3v) is 1.75. The molecule has 0 aromatic heterocycles. The van der Waals surface area contributed by atoms with Gasteiger partial charge in [-0.05, 0) is 24.7 Å². The van der Waals surface area contributed by atoms with Crippen molar-refractivity contribution in [2.45, 2.75) is 33.1 Å². The Morgan fingerprint density at radius 1 is 1.31 bits per heavy atom. The lowest BCUT2D eigenvalue weighted by molar-refractivity contribution is -0.306. The molecule has 13 heavy (non-hydrogen) atoms. The Morgan fingerprint density at radius 3 is 2.15 bits per heavy atom. The molecule has 0 saturated heterocycles. The summed E-state index contributed by atoms with van der Waals surface area (Å²) in [5.41, 5.74) is 4.99. The van der Waals surface area contributed by atoms with E-state index in [1.807, 2.05) is 13.8 Å². The summed E-state index contributed by atoms with van der Waals surface area (Å²) < 4.78 is 0. The second-order valence-electron chi connectivity index (χ2n) is 3.74. The molecule has 0 spiro atoms. The molecule has 4 nitrogen and oxygen atoms in total. The van der Waals surface area contributed by atoms with Crippen LogP contribution in [0.2, 0.25) is 0 Å². The number of carbonyl (C=O) groups excluding carboxylic acids is 2. The summed E-state index contributed by atoms with van der Waals surface area (Å²) in [6.07, 6.45) is 0.740. The van der Waals surface area contributed by atoms with Crippen molar-refractivity contribution in [3.8, 4) is 0 Å². The van der Waals surface area contributed by atoms with Crippen LogP contribution in [-0.2, 0) is 9.59 Å². The number of carbonyl (C=O) groups is 2. The minimum atomic E-state index is -1.12. The lowest BCUT2D eigenvalue weighted by Gasteiger charge is -2.17. The Morgan fingerprint density at radius 2 is 1.85 bits per heavy atom.